The molecule has 0 amide bonds. The van der Waals surface area contributed by atoms with Gasteiger partial charge in [-0.15, -0.1) is 0 Å². The highest BCUT2D eigenvalue weighted by atomic mass is 16.5. The third-order valence-corrected chi connectivity index (χ3v) is 3.76. The summed E-state index contributed by atoms with van der Waals surface area (Å²) in [7, 11) is 0. The molecule has 1 saturated carbocycles. The lowest BCUT2D eigenvalue weighted by atomic mass is 10.0. The number of hydrogen-bond donors (Lipinski definition) is 2. The van der Waals surface area contributed by atoms with E-state index in [1.165, 1.54) is 0 Å². The lowest BCUT2D eigenvalue weighted by molar-refractivity contribution is -0.0462. The molecule has 0 radical (unpaired) electrons. The van der Waals surface area contributed by atoms with Crippen molar-refractivity contribution >= 4 is 0 Å². The molecule has 19 heavy (non-hydrogen) atoms. The SMILES string of the molecule is CCCc1c(O)nc(C2(OCC)CCCC2)[nH]c1=O. The fourth-order valence-electron chi connectivity index (χ4n) is 2.85. The van der Waals surface area contributed by atoms with Crippen molar-refractivity contribution in [2.75, 3.05) is 6.61 Å². The molecule has 1 aromatic heterocycles. The molecular formula is C14H22N2O3. The standard InChI is InChI=1S/C14H22N2O3/c1-3-7-10-11(17)15-13(16-12(10)18)14(19-4-2)8-5-6-9-14/h3-9H2,1-2H3,(H2,15,16,17,18). The Bertz CT molecular complexity index is 490. The van der Waals surface area contributed by atoms with Crippen molar-refractivity contribution in [2.45, 2.75) is 58.0 Å². The van der Waals surface area contributed by atoms with Crippen LogP contribution in [0.5, 0.6) is 5.88 Å². The van der Waals surface area contributed by atoms with Gasteiger partial charge in [-0.05, 0) is 39.0 Å². The van der Waals surface area contributed by atoms with Gasteiger partial charge < -0.3 is 14.8 Å². The summed E-state index contributed by atoms with van der Waals surface area (Å²) in [5.41, 5.74) is -0.387. The van der Waals surface area contributed by atoms with Gasteiger partial charge in [-0.3, -0.25) is 4.79 Å². The van der Waals surface area contributed by atoms with E-state index in [4.69, 9.17) is 4.74 Å². The molecule has 1 fully saturated rings. The van der Waals surface area contributed by atoms with E-state index in [-0.39, 0.29) is 11.4 Å². The van der Waals surface area contributed by atoms with Gasteiger partial charge in [-0.2, -0.15) is 4.98 Å². The van der Waals surface area contributed by atoms with Gasteiger partial charge in [0, 0.05) is 6.61 Å². The van der Waals surface area contributed by atoms with E-state index < -0.39 is 5.60 Å². The number of aromatic amines is 1. The maximum absolute atomic E-state index is 12.0. The zero-order chi connectivity index (χ0) is 13.9. The van der Waals surface area contributed by atoms with Crippen LogP contribution in [0.25, 0.3) is 0 Å². The first-order valence-electron chi connectivity index (χ1n) is 7.09. The number of nitrogens with zero attached hydrogens (tertiary/aromatic N) is 1. The first kappa shape index (κ1) is 14.1. The van der Waals surface area contributed by atoms with Gasteiger partial charge in [0.25, 0.3) is 5.56 Å². The second kappa shape index (κ2) is 5.74. The Labute approximate surface area is 113 Å². The molecule has 5 nitrogen and oxygen atoms in total. The van der Waals surface area contributed by atoms with E-state index in [1.807, 2.05) is 13.8 Å². The molecule has 2 rings (SSSR count). The third kappa shape index (κ3) is 2.66. The Morgan fingerprint density at radius 1 is 1.37 bits per heavy atom. The molecule has 0 bridgehead atoms. The quantitative estimate of drug-likeness (QED) is 0.857. The zero-order valence-electron chi connectivity index (χ0n) is 11.7. The lowest BCUT2D eigenvalue weighted by Crippen LogP contribution is -2.32. The highest BCUT2D eigenvalue weighted by molar-refractivity contribution is 5.24. The minimum absolute atomic E-state index is 0.147. The maximum atomic E-state index is 12.0. The largest absolute Gasteiger partial charge is 0.493 e. The average Bonchev–Trinajstić information content (AvgIpc) is 2.84. The summed E-state index contributed by atoms with van der Waals surface area (Å²) in [5.74, 6) is 0.334. The highest BCUT2D eigenvalue weighted by Crippen LogP contribution is 2.40. The van der Waals surface area contributed by atoms with Crippen molar-refractivity contribution in [1.82, 2.24) is 9.97 Å². The predicted molar refractivity (Wildman–Crippen MR) is 72.3 cm³/mol. The average molecular weight is 266 g/mol. The summed E-state index contributed by atoms with van der Waals surface area (Å²) in [6.07, 6.45) is 5.14. The Morgan fingerprint density at radius 2 is 2.05 bits per heavy atom. The zero-order valence-corrected chi connectivity index (χ0v) is 11.7. The minimum atomic E-state index is -0.518. The van der Waals surface area contributed by atoms with Crippen LogP contribution in [0.3, 0.4) is 0 Å². The molecule has 0 spiro atoms. The number of ether oxygens (including phenoxy) is 1. The molecule has 2 N–H and O–H groups in total. The fraction of sp³-hybridized carbons (Fsp3) is 0.714. The van der Waals surface area contributed by atoms with Gasteiger partial charge in [0.15, 0.2) is 0 Å². The first-order chi connectivity index (χ1) is 9.13. The van der Waals surface area contributed by atoms with Crippen LogP contribution in [0, 0.1) is 0 Å². The van der Waals surface area contributed by atoms with Crippen molar-refractivity contribution < 1.29 is 9.84 Å². The topological polar surface area (TPSA) is 75.2 Å². The number of hydrogen-bond acceptors (Lipinski definition) is 4. The molecule has 5 heteroatoms. The third-order valence-electron chi connectivity index (χ3n) is 3.76. The summed E-state index contributed by atoms with van der Waals surface area (Å²) in [4.78, 5) is 19.1. The van der Waals surface area contributed by atoms with Crippen LogP contribution in [0.15, 0.2) is 4.79 Å². The molecule has 0 aromatic carbocycles. The molecule has 0 atom stereocenters. The smallest absolute Gasteiger partial charge is 0.258 e. The van der Waals surface area contributed by atoms with Crippen LogP contribution in [0.1, 0.15) is 57.3 Å². The van der Waals surface area contributed by atoms with Gasteiger partial charge in [-0.1, -0.05) is 13.3 Å². The monoisotopic (exact) mass is 266 g/mol. The van der Waals surface area contributed by atoms with Crippen LogP contribution < -0.4 is 5.56 Å². The summed E-state index contributed by atoms with van der Waals surface area (Å²) >= 11 is 0. The lowest BCUT2D eigenvalue weighted by Gasteiger charge is -2.27. The number of rotatable bonds is 5. The molecule has 0 saturated heterocycles. The summed E-state index contributed by atoms with van der Waals surface area (Å²) < 4.78 is 5.84. The minimum Gasteiger partial charge on any atom is -0.493 e. The van der Waals surface area contributed by atoms with Crippen molar-refractivity contribution in [3.05, 3.63) is 21.7 Å². The van der Waals surface area contributed by atoms with Gasteiger partial charge in [0.05, 0.1) is 5.56 Å². The van der Waals surface area contributed by atoms with E-state index in [2.05, 4.69) is 9.97 Å². The highest BCUT2D eigenvalue weighted by Gasteiger charge is 2.39. The maximum Gasteiger partial charge on any atom is 0.258 e. The number of nitrogens with one attached hydrogen (secondary N) is 1. The van der Waals surface area contributed by atoms with Crippen molar-refractivity contribution in [3.8, 4) is 5.88 Å². The second-order valence-electron chi connectivity index (χ2n) is 5.10. The van der Waals surface area contributed by atoms with E-state index in [0.717, 1.165) is 32.1 Å². The van der Waals surface area contributed by atoms with Gasteiger partial charge in [0.1, 0.15) is 11.4 Å². The van der Waals surface area contributed by atoms with Gasteiger partial charge >= 0.3 is 0 Å². The van der Waals surface area contributed by atoms with E-state index in [9.17, 15) is 9.90 Å². The summed E-state index contributed by atoms with van der Waals surface area (Å²) in [6.45, 7) is 4.47. The number of aromatic hydroxyl groups is 1. The molecule has 106 valence electrons. The number of H-pyrrole nitrogens is 1. The van der Waals surface area contributed by atoms with Crippen molar-refractivity contribution in [3.63, 3.8) is 0 Å². The van der Waals surface area contributed by atoms with Crippen LogP contribution in [-0.4, -0.2) is 21.7 Å². The van der Waals surface area contributed by atoms with Crippen molar-refractivity contribution in [2.24, 2.45) is 0 Å². The molecule has 1 aliphatic carbocycles. The van der Waals surface area contributed by atoms with Crippen LogP contribution in [-0.2, 0) is 16.8 Å². The molecule has 0 aliphatic heterocycles. The van der Waals surface area contributed by atoms with Gasteiger partial charge in [0.2, 0.25) is 5.88 Å². The van der Waals surface area contributed by atoms with Crippen LogP contribution in [0.2, 0.25) is 0 Å². The Hall–Kier alpha value is -1.36. The summed E-state index contributed by atoms with van der Waals surface area (Å²) in [6, 6.07) is 0. The molecule has 0 unspecified atom stereocenters. The molecule has 1 heterocycles. The molecule has 1 aliphatic rings. The predicted octanol–water partition coefficient (Wildman–Crippen LogP) is 2.23. The van der Waals surface area contributed by atoms with Crippen LogP contribution >= 0.6 is 0 Å². The Morgan fingerprint density at radius 3 is 2.58 bits per heavy atom. The summed E-state index contributed by atoms with van der Waals surface area (Å²) in [5, 5.41) is 9.96. The number of aromatic nitrogens is 2. The van der Waals surface area contributed by atoms with Gasteiger partial charge in [-0.25, -0.2) is 0 Å². The second-order valence-corrected chi connectivity index (χ2v) is 5.10. The first-order valence-corrected chi connectivity index (χ1v) is 7.09. The van der Waals surface area contributed by atoms with Crippen molar-refractivity contribution in [1.29, 1.82) is 0 Å². The molecular weight excluding hydrogens is 244 g/mol. The van der Waals surface area contributed by atoms with E-state index in [1.54, 1.807) is 0 Å². The Kier molecular flexibility index (Phi) is 4.24. The van der Waals surface area contributed by atoms with Crippen LogP contribution in [0.4, 0.5) is 0 Å². The Balaban J connectivity index is 2.42. The fourth-order valence-corrected chi connectivity index (χ4v) is 2.85. The van der Waals surface area contributed by atoms with E-state index >= 15 is 0 Å². The van der Waals surface area contributed by atoms with E-state index in [0.29, 0.717) is 24.4 Å². The molecule has 1 aromatic rings. The normalized spacial score (nSPS) is 17.8.